The van der Waals surface area contributed by atoms with Crippen LogP contribution in [0.4, 0.5) is 13.2 Å². The lowest BCUT2D eigenvalue weighted by Gasteiger charge is -2.44. The molecule has 0 spiro atoms. The van der Waals surface area contributed by atoms with E-state index in [0.29, 0.717) is 5.03 Å². The number of nitrogens with one attached hydrogen (secondary N) is 1. The van der Waals surface area contributed by atoms with Crippen molar-refractivity contribution in [1.29, 1.82) is 0 Å². The first-order valence-corrected chi connectivity index (χ1v) is 7.16. The van der Waals surface area contributed by atoms with Crippen molar-refractivity contribution < 1.29 is 18.0 Å². The first-order valence-electron chi connectivity index (χ1n) is 6.35. The summed E-state index contributed by atoms with van der Waals surface area (Å²) in [5.41, 5.74) is 4.66. The summed E-state index contributed by atoms with van der Waals surface area (Å²) < 4.78 is 38.9. The first kappa shape index (κ1) is 16.7. The standard InChI is InChI=1S/C13H15Cl2F3N2O/c1-20-6-10-8(2-3-9(15)5-14)7-21-19-11(10)4-12(20)13(16,17)18/h2-3,5,7,10-12,19H,4,6H2,1H3/b3-2-,9-5-. The van der Waals surface area contributed by atoms with Crippen LogP contribution in [0.2, 0.25) is 0 Å². The smallest absolute Gasteiger partial charge is 0.404 e. The quantitative estimate of drug-likeness (QED) is 0.777. The zero-order valence-corrected chi connectivity index (χ0v) is 12.7. The average molecular weight is 343 g/mol. The van der Waals surface area contributed by atoms with E-state index < -0.39 is 18.3 Å². The number of halogens is 5. The molecular weight excluding hydrogens is 328 g/mol. The van der Waals surface area contributed by atoms with Crippen LogP contribution in [0, 0.1) is 5.92 Å². The summed E-state index contributed by atoms with van der Waals surface area (Å²) in [6, 6.07) is -1.86. The van der Waals surface area contributed by atoms with E-state index in [1.54, 1.807) is 12.2 Å². The molecule has 2 rings (SSSR count). The van der Waals surface area contributed by atoms with Gasteiger partial charge in [-0.1, -0.05) is 29.3 Å². The van der Waals surface area contributed by atoms with Gasteiger partial charge in [-0.05, 0) is 25.1 Å². The van der Waals surface area contributed by atoms with Crippen LogP contribution in [-0.4, -0.2) is 36.8 Å². The lowest BCUT2D eigenvalue weighted by Crippen LogP contribution is -2.58. The van der Waals surface area contributed by atoms with Gasteiger partial charge >= 0.3 is 6.18 Å². The predicted octanol–water partition coefficient (Wildman–Crippen LogP) is 3.53. The van der Waals surface area contributed by atoms with Crippen molar-refractivity contribution in [2.45, 2.75) is 24.7 Å². The normalized spacial score (nSPS) is 31.8. The second-order valence-corrected chi connectivity index (χ2v) is 5.78. The van der Waals surface area contributed by atoms with Gasteiger partial charge in [-0.3, -0.25) is 4.90 Å². The highest BCUT2D eigenvalue weighted by atomic mass is 35.5. The van der Waals surface area contributed by atoms with Crippen LogP contribution in [0.25, 0.3) is 0 Å². The van der Waals surface area contributed by atoms with E-state index in [1.807, 2.05) is 0 Å². The molecule has 118 valence electrons. The van der Waals surface area contributed by atoms with Crippen LogP contribution in [-0.2, 0) is 4.84 Å². The second-order valence-electron chi connectivity index (χ2n) is 5.13. The Kier molecular flexibility index (Phi) is 5.24. The van der Waals surface area contributed by atoms with Gasteiger partial charge in [0.15, 0.2) is 0 Å². The minimum absolute atomic E-state index is 0.0606. The Labute approximate surface area is 131 Å². The van der Waals surface area contributed by atoms with Gasteiger partial charge in [0.2, 0.25) is 0 Å². The minimum atomic E-state index is -4.25. The SMILES string of the molecule is CN1CC2C(/C=C\C(Cl)=C\Cl)=CONC2CC1C(F)(F)F. The summed E-state index contributed by atoms with van der Waals surface area (Å²) in [4.78, 5) is 6.40. The number of allylic oxidation sites excluding steroid dienone is 3. The topological polar surface area (TPSA) is 24.5 Å². The third-order valence-electron chi connectivity index (χ3n) is 3.74. The number of hydrogen-bond acceptors (Lipinski definition) is 3. The second kappa shape index (κ2) is 6.60. The van der Waals surface area contributed by atoms with E-state index in [-0.39, 0.29) is 18.9 Å². The molecule has 2 heterocycles. The molecule has 0 aliphatic carbocycles. The maximum atomic E-state index is 13.0. The van der Waals surface area contributed by atoms with E-state index in [1.165, 1.54) is 23.7 Å². The number of rotatable bonds is 2. The fourth-order valence-electron chi connectivity index (χ4n) is 2.65. The summed E-state index contributed by atoms with van der Waals surface area (Å²) in [6.45, 7) is 0.281. The maximum absolute atomic E-state index is 13.0. The number of fused-ring (bicyclic) bond motifs is 1. The van der Waals surface area contributed by atoms with Crippen molar-refractivity contribution in [2.24, 2.45) is 5.92 Å². The summed E-state index contributed by atoms with van der Waals surface area (Å²) in [5.74, 6) is -0.0987. The lowest BCUT2D eigenvalue weighted by molar-refractivity contribution is -0.196. The molecule has 1 N–H and O–H groups in total. The Hall–Kier alpha value is -0.690. The van der Waals surface area contributed by atoms with Gasteiger partial charge in [0.1, 0.15) is 12.3 Å². The van der Waals surface area contributed by atoms with Gasteiger partial charge < -0.3 is 4.84 Å². The molecule has 0 radical (unpaired) electrons. The van der Waals surface area contributed by atoms with Crippen molar-refractivity contribution in [3.05, 3.63) is 34.6 Å². The zero-order chi connectivity index (χ0) is 15.6. The summed E-state index contributed by atoms with van der Waals surface area (Å²) >= 11 is 11.2. The molecule has 1 fully saturated rings. The highest BCUT2D eigenvalue weighted by Gasteiger charge is 2.49. The highest BCUT2D eigenvalue weighted by molar-refractivity contribution is 6.37. The van der Waals surface area contributed by atoms with E-state index in [4.69, 9.17) is 28.0 Å². The maximum Gasteiger partial charge on any atom is 0.404 e. The van der Waals surface area contributed by atoms with Crippen LogP contribution < -0.4 is 5.48 Å². The fraction of sp³-hybridized carbons (Fsp3) is 0.538. The molecule has 2 aliphatic heterocycles. The fourth-order valence-corrected chi connectivity index (χ4v) is 2.79. The van der Waals surface area contributed by atoms with Crippen molar-refractivity contribution in [2.75, 3.05) is 13.6 Å². The molecule has 0 aromatic heterocycles. The monoisotopic (exact) mass is 342 g/mol. The van der Waals surface area contributed by atoms with Crippen molar-refractivity contribution in [3.8, 4) is 0 Å². The molecule has 3 atom stereocenters. The Morgan fingerprint density at radius 2 is 2.24 bits per heavy atom. The molecule has 3 unspecified atom stereocenters. The third-order valence-corrected chi connectivity index (χ3v) is 4.32. The molecule has 2 aliphatic rings. The zero-order valence-electron chi connectivity index (χ0n) is 11.2. The lowest BCUT2D eigenvalue weighted by atomic mass is 9.82. The molecule has 8 heteroatoms. The van der Waals surface area contributed by atoms with Gasteiger partial charge in [0.05, 0.1) is 11.1 Å². The molecule has 0 saturated carbocycles. The van der Waals surface area contributed by atoms with Crippen LogP contribution >= 0.6 is 23.2 Å². The number of hydroxylamine groups is 1. The molecule has 0 aromatic carbocycles. The van der Waals surface area contributed by atoms with Crippen molar-refractivity contribution in [1.82, 2.24) is 10.4 Å². The van der Waals surface area contributed by atoms with Crippen molar-refractivity contribution in [3.63, 3.8) is 0 Å². The summed E-state index contributed by atoms with van der Waals surface area (Å²) in [6.07, 6.45) is 0.472. The molecular formula is C13H15Cl2F3N2O. The van der Waals surface area contributed by atoms with Gasteiger partial charge in [-0.2, -0.15) is 18.7 Å². The number of alkyl halides is 3. The molecule has 1 saturated heterocycles. The molecule has 0 amide bonds. The molecule has 0 bridgehead atoms. The highest BCUT2D eigenvalue weighted by Crippen LogP contribution is 2.37. The van der Waals surface area contributed by atoms with E-state index >= 15 is 0 Å². The number of piperidine rings is 1. The van der Waals surface area contributed by atoms with E-state index in [2.05, 4.69) is 5.48 Å². The minimum Gasteiger partial charge on any atom is -0.416 e. The number of hydrogen-bond donors (Lipinski definition) is 1. The Balaban J connectivity index is 2.14. The van der Waals surface area contributed by atoms with Crippen LogP contribution in [0.15, 0.2) is 34.6 Å². The predicted molar refractivity (Wildman–Crippen MR) is 75.6 cm³/mol. The largest absolute Gasteiger partial charge is 0.416 e. The van der Waals surface area contributed by atoms with Crippen molar-refractivity contribution >= 4 is 23.2 Å². The molecule has 21 heavy (non-hydrogen) atoms. The average Bonchev–Trinajstić information content (AvgIpc) is 2.42. The number of likely N-dealkylation sites (tertiary alicyclic amines) is 1. The molecule has 3 nitrogen and oxygen atoms in total. The van der Waals surface area contributed by atoms with Gasteiger partial charge in [-0.25, -0.2) is 0 Å². The molecule has 0 aromatic rings. The van der Waals surface area contributed by atoms with E-state index in [9.17, 15) is 13.2 Å². The van der Waals surface area contributed by atoms with Crippen LogP contribution in [0.5, 0.6) is 0 Å². The summed E-state index contributed by atoms with van der Waals surface area (Å²) in [7, 11) is 1.48. The van der Waals surface area contributed by atoms with E-state index in [0.717, 1.165) is 5.57 Å². The third kappa shape index (κ3) is 3.94. The van der Waals surface area contributed by atoms with Crippen LogP contribution in [0.3, 0.4) is 0 Å². The van der Waals surface area contributed by atoms with Gasteiger partial charge in [0.25, 0.3) is 0 Å². The Bertz CT molecular complexity index is 477. The first-order chi connectivity index (χ1) is 9.82. The number of nitrogens with zero attached hydrogens (tertiary/aromatic N) is 1. The van der Waals surface area contributed by atoms with Crippen LogP contribution in [0.1, 0.15) is 6.42 Å². The Morgan fingerprint density at radius 3 is 2.86 bits per heavy atom. The van der Waals surface area contributed by atoms with Gasteiger partial charge in [0, 0.05) is 18.0 Å². The Morgan fingerprint density at radius 1 is 1.52 bits per heavy atom. The summed E-state index contributed by atoms with van der Waals surface area (Å²) in [5, 5.41) is 0.338. The van der Waals surface area contributed by atoms with Gasteiger partial charge in [-0.15, -0.1) is 0 Å².